The second kappa shape index (κ2) is 5.84. The first-order chi connectivity index (χ1) is 9.34. The lowest BCUT2D eigenvalue weighted by molar-refractivity contribution is 0.296. The average molecular weight is 296 g/mol. The monoisotopic (exact) mass is 296 g/mol. The minimum Gasteiger partial charge on any atom is -0.317 e. The number of nitrogens with one attached hydrogen (secondary N) is 1. The fourth-order valence-corrected chi connectivity index (χ4v) is 4.91. The summed E-state index contributed by atoms with van der Waals surface area (Å²) in [5, 5.41) is 3.27. The molecule has 4 nitrogen and oxygen atoms in total. The molecule has 1 aromatic rings. The minimum absolute atomic E-state index is 0.0985. The first kappa shape index (κ1) is 15.5. The number of benzene rings is 1. The topological polar surface area (TPSA) is 49.4 Å². The number of rotatable bonds is 3. The molecule has 2 rings (SSSR count). The first-order valence-corrected chi connectivity index (χ1v) is 8.54. The molecule has 0 aliphatic carbocycles. The number of nitrogens with zero attached hydrogens (tertiary/aromatic N) is 1. The second-order valence-electron chi connectivity index (χ2n) is 5.73. The van der Waals surface area contributed by atoms with Gasteiger partial charge in [0, 0.05) is 13.1 Å². The van der Waals surface area contributed by atoms with E-state index in [0.29, 0.717) is 4.90 Å². The van der Waals surface area contributed by atoms with Gasteiger partial charge in [0.2, 0.25) is 10.0 Å². The molecule has 1 aromatic carbocycles. The van der Waals surface area contributed by atoms with Gasteiger partial charge in [-0.05, 0) is 57.8 Å². The van der Waals surface area contributed by atoms with E-state index in [1.54, 1.807) is 11.4 Å². The van der Waals surface area contributed by atoms with Gasteiger partial charge in [-0.1, -0.05) is 17.7 Å². The Kier molecular flexibility index (Phi) is 4.52. The van der Waals surface area contributed by atoms with E-state index in [9.17, 15) is 8.42 Å². The second-order valence-corrected chi connectivity index (χ2v) is 7.66. The van der Waals surface area contributed by atoms with Gasteiger partial charge in [0.15, 0.2) is 0 Å². The van der Waals surface area contributed by atoms with Gasteiger partial charge < -0.3 is 5.32 Å². The van der Waals surface area contributed by atoms with E-state index < -0.39 is 10.0 Å². The van der Waals surface area contributed by atoms with Gasteiger partial charge in [0.1, 0.15) is 0 Å². The standard InChI is InChI=1S/C15H24N2O2S/c1-11-9-12(2)15(13(3)10-11)20(18,19)17(4)14-5-7-16-8-6-14/h9-10,14,16H,5-8H2,1-4H3. The van der Waals surface area contributed by atoms with Crippen LogP contribution < -0.4 is 5.32 Å². The van der Waals surface area contributed by atoms with Crippen LogP contribution in [0.2, 0.25) is 0 Å². The Morgan fingerprint density at radius 3 is 2.10 bits per heavy atom. The maximum atomic E-state index is 12.9. The normalized spacial score (nSPS) is 17.6. The summed E-state index contributed by atoms with van der Waals surface area (Å²) in [5.74, 6) is 0. The van der Waals surface area contributed by atoms with E-state index in [1.165, 1.54) is 0 Å². The highest BCUT2D eigenvalue weighted by molar-refractivity contribution is 7.89. The molecular formula is C15H24N2O2S. The van der Waals surface area contributed by atoms with E-state index in [-0.39, 0.29) is 6.04 Å². The van der Waals surface area contributed by atoms with Gasteiger partial charge >= 0.3 is 0 Å². The van der Waals surface area contributed by atoms with Gasteiger partial charge in [-0.25, -0.2) is 8.42 Å². The Balaban J connectivity index is 2.39. The van der Waals surface area contributed by atoms with E-state index in [1.807, 2.05) is 32.9 Å². The van der Waals surface area contributed by atoms with E-state index in [0.717, 1.165) is 42.6 Å². The molecule has 1 fully saturated rings. The Bertz CT molecular complexity index is 567. The van der Waals surface area contributed by atoms with Crippen LogP contribution in [0.3, 0.4) is 0 Å². The van der Waals surface area contributed by atoms with Crippen molar-refractivity contribution in [2.24, 2.45) is 0 Å². The van der Waals surface area contributed by atoms with Crippen LogP contribution in [0.1, 0.15) is 29.5 Å². The van der Waals surface area contributed by atoms with Crippen LogP contribution >= 0.6 is 0 Å². The molecule has 0 radical (unpaired) electrons. The zero-order chi connectivity index (χ0) is 14.9. The molecule has 1 aliphatic heterocycles. The summed E-state index contributed by atoms with van der Waals surface area (Å²) in [6.07, 6.45) is 1.75. The number of aryl methyl sites for hydroxylation is 3. The smallest absolute Gasteiger partial charge is 0.243 e. The fourth-order valence-electron chi connectivity index (χ4n) is 3.08. The van der Waals surface area contributed by atoms with Crippen molar-refractivity contribution in [3.63, 3.8) is 0 Å². The predicted octanol–water partition coefficient (Wildman–Crippen LogP) is 1.98. The molecule has 0 amide bonds. The fraction of sp³-hybridized carbons (Fsp3) is 0.600. The van der Waals surface area contributed by atoms with Crippen molar-refractivity contribution < 1.29 is 8.42 Å². The lowest BCUT2D eigenvalue weighted by Crippen LogP contribution is -2.44. The van der Waals surface area contributed by atoms with E-state index >= 15 is 0 Å². The van der Waals surface area contributed by atoms with Crippen LogP contribution in [0.15, 0.2) is 17.0 Å². The highest BCUT2D eigenvalue weighted by Crippen LogP contribution is 2.27. The van der Waals surface area contributed by atoms with Gasteiger partial charge in [0.25, 0.3) is 0 Å². The molecule has 0 bridgehead atoms. The van der Waals surface area contributed by atoms with Crippen molar-refractivity contribution in [3.05, 3.63) is 28.8 Å². The molecule has 112 valence electrons. The van der Waals surface area contributed by atoms with Crippen LogP contribution in [-0.4, -0.2) is 38.9 Å². The van der Waals surface area contributed by atoms with Gasteiger partial charge in [-0.2, -0.15) is 4.31 Å². The highest BCUT2D eigenvalue weighted by Gasteiger charge is 2.31. The molecule has 0 unspecified atom stereocenters. The number of hydrogen-bond acceptors (Lipinski definition) is 3. The SMILES string of the molecule is Cc1cc(C)c(S(=O)(=O)N(C)C2CCNCC2)c(C)c1. The molecule has 0 atom stereocenters. The summed E-state index contributed by atoms with van der Waals surface area (Å²) in [6, 6.07) is 3.98. The van der Waals surface area contributed by atoms with Crippen molar-refractivity contribution in [3.8, 4) is 0 Å². The molecule has 1 N–H and O–H groups in total. The molecule has 1 aliphatic rings. The van der Waals surface area contributed by atoms with Crippen molar-refractivity contribution in [1.82, 2.24) is 9.62 Å². The Morgan fingerprint density at radius 1 is 1.10 bits per heavy atom. The van der Waals surface area contributed by atoms with Crippen LogP contribution in [0.25, 0.3) is 0 Å². The van der Waals surface area contributed by atoms with Gasteiger partial charge in [-0.15, -0.1) is 0 Å². The lowest BCUT2D eigenvalue weighted by Gasteiger charge is -2.31. The summed E-state index contributed by atoms with van der Waals surface area (Å²) < 4.78 is 27.3. The number of sulfonamides is 1. The highest BCUT2D eigenvalue weighted by atomic mass is 32.2. The van der Waals surface area contributed by atoms with E-state index in [4.69, 9.17) is 0 Å². The van der Waals surface area contributed by atoms with Crippen LogP contribution in [-0.2, 0) is 10.0 Å². The number of hydrogen-bond donors (Lipinski definition) is 1. The molecule has 0 spiro atoms. The summed E-state index contributed by atoms with van der Waals surface area (Å²) in [7, 11) is -1.70. The first-order valence-electron chi connectivity index (χ1n) is 7.10. The third-order valence-electron chi connectivity index (χ3n) is 4.06. The Morgan fingerprint density at radius 2 is 1.60 bits per heavy atom. The van der Waals surface area contributed by atoms with Crippen LogP contribution in [0, 0.1) is 20.8 Å². The maximum absolute atomic E-state index is 12.9. The number of piperidine rings is 1. The summed E-state index contributed by atoms with van der Waals surface area (Å²) in [5.41, 5.74) is 2.77. The maximum Gasteiger partial charge on any atom is 0.243 e. The zero-order valence-corrected chi connectivity index (χ0v) is 13.5. The van der Waals surface area contributed by atoms with Crippen molar-refractivity contribution in [2.75, 3.05) is 20.1 Å². The summed E-state index contributed by atoms with van der Waals surface area (Å²) >= 11 is 0. The zero-order valence-electron chi connectivity index (χ0n) is 12.7. The molecule has 1 heterocycles. The van der Waals surface area contributed by atoms with Gasteiger partial charge in [-0.3, -0.25) is 0 Å². The Hall–Kier alpha value is -0.910. The molecule has 1 saturated heterocycles. The Labute approximate surface area is 122 Å². The average Bonchev–Trinajstić information content (AvgIpc) is 2.37. The summed E-state index contributed by atoms with van der Waals surface area (Å²) in [4.78, 5) is 0.476. The van der Waals surface area contributed by atoms with Crippen LogP contribution in [0.5, 0.6) is 0 Å². The third kappa shape index (κ3) is 2.90. The van der Waals surface area contributed by atoms with Crippen molar-refractivity contribution >= 4 is 10.0 Å². The van der Waals surface area contributed by atoms with Gasteiger partial charge in [0.05, 0.1) is 4.90 Å². The molecule has 0 aromatic heterocycles. The largest absolute Gasteiger partial charge is 0.317 e. The lowest BCUT2D eigenvalue weighted by atomic mass is 10.1. The third-order valence-corrected chi connectivity index (χ3v) is 6.28. The minimum atomic E-state index is -3.41. The van der Waals surface area contributed by atoms with Crippen molar-refractivity contribution in [1.29, 1.82) is 0 Å². The summed E-state index contributed by atoms with van der Waals surface area (Å²) in [6.45, 7) is 7.52. The molecule has 5 heteroatoms. The molecule has 0 saturated carbocycles. The molecular weight excluding hydrogens is 272 g/mol. The quantitative estimate of drug-likeness (QED) is 0.928. The predicted molar refractivity (Wildman–Crippen MR) is 81.5 cm³/mol. The van der Waals surface area contributed by atoms with Crippen LogP contribution in [0.4, 0.5) is 0 Å². The van der Waals surface area contributed by atoms with Crippen molar-refractivity contribution in [2.45, 2.75) is 44.6 Å². The molecule has 20 heavy (non-hydrogen) atoms. The van der Waals surface area contributed by atoms with E-state index in [2.05, 4.69) is 5.32 Å².